The maximum atomic E-state index is 10.7. The second kappa shape index (κ2) is 6.64. The lowest BCUT2D eigenvalue weighted by Gasteiger charge is -2.07. The Morgan fingerprint density at radius 1 is 1.64 bits per heavy atom. The van der Waals surface area contributed by atoms with Gasteiger partial charge in [-0.2, -0.15) is 0 Å². The van der Waals surface area contributed by atoms with Crippen LogP contribution >= 0.6 is 11.8 Å². The molecule has 0 rings (SSSR count). The molecular formula is C7H15NO2S. The Hall–Kier alpha value is -0.0600. The summed E-state index contributed by atoms with van der Waals surface area (Å²) in [6, 6.07) is 0.402. The molecule has 66 valence electrons. The zero-order chi connectivity index (χ0) is 8.69. The zero-order valence-corrected chi connectivity index (χ0v) is 8.03. The summed E-state index contributed by atoms with van der Waals surface area (Å²) < 4.78 is 5.02. The molecular weight excluding hydrogens is 162 g/mol. The van der Waals surface area contributed by atoms with Gasteiger partial charge in [-0.25, -0.2) is 0 Å². The SMILES string of the molecule is CSC(=O)COCNC(C)C. The predicted octanol–water partition coefficient (Wildman–Crippen LogP) is 0.848. The van der Waals surface area contributed by atoms with E-state index >= 15 is 0 Å². The lowest BCUT2D eigenvalue weighted by atomic mass is 10.4. The van der Waals surface area contributed by atoms with Gasteiger partial charge in [-0.05, 0) is 20.1 Å². The Balaban J connectivity index is 3.08. The number of hydrogen-bond donors (Lipinski definition) is 1. The van der Waals surface area contributed by atoms with Crippen LogP contribution in [0.3, 0.4) is 0 Å². The van der Waals surface area contributed by atoms with Crippen molar-refractivity contribution in [2.24, 2.45) is 0 Å². The molecule has 0 radical (unpaired) electrons. The first-order chi connectivity index (χ1) is 5.16. The molecule has 0 spiro atoms. The Kier molecular flexibility index (Phi) is 6.60. The van der Waals surface area contributed by atoms with Crippen LogP contribution in [0.2, 0.25) is 0 Å². The summed E-state index contributed by atoms with van der Waals surface area (Å²) in [6.45, 7) is 4.70. The fourth-order valence-corrected chi connectivity index (χ4v) is 0.620. The third-order valence-corrected chi connectivity index (χ3v) is 1.61. The smallest absolute Gasteiger partial charge is 0.214 e. The molecule has 0 aliphatic heterocycles. The van der Waals surface area contributed by atoms with E-state index in [-0.39, 0.29) is 11.7 Å². The van der Waals surface area contributed by atoms with Gasteiger partial charge in [0.05, 0.1) is 6.73 Å². The van der Waals surface area contributed by atoms with Crippen LogP contribution in [0, 0.1) is 0 Å². The average Bonchev–Trinajstić information content (AvgIpc) is 1.97. The quantitative estimate of drug-likeness (QED) is 0.499. The molecule has 0 atom stereocenters. The van der Waals surface area contributed by atoms with Crippen molar-refractivity contribution in [1.82, 2.24) is 5.32 Å². The maximum absolute atomic E-state index is 10.7. The highest BCUT2D eigenvalue weighted by Gasteiger charge is 1.97. The van der Waals surface area contributed by atoms with Crippen molar-refractivity contribution >= 4 is 16.9 Å². The van der Waals surface area contributed by atoms with E-state index < -0.39 is 0 Å². The third kappa shape index (κ3) is 7.84. The van der Waals surface area contributed by atoms with Crippen LogP contribution in [-0.4, -0.2) is 30.8 Å². The van der Waals surface area contributed by atoms with Crippen molar-refractivity contribution in [1.29, 1.82) is 0 Å². The average molecular weight is 177 g/mol. The first-order valence-corrected chi connectivity index (χ1v) is 4.77. The Bertz CT molecular complexity index is 117. The fraction of sp³-hybridized carbons (Fsp3) is 0.857. The lowest BCUT2D eigenvalue weighted by Crippen LogP contribution is -2.26. The van der Waals surface area contributed by atoms with E-state index in [9.17, 15) is 4.79 Å². The van der Waals surface area contributed by atoms with Crippen molar-refractivity contribution < 1.29 is 9.53 Å². The second-order valence-electron chi connectivity index (χ2n) is 2.43. The predicted molar refractivity (Wildman–Crippen MR) is 47.6 cm³/mol. The van der Waals surface area contributed by atoms with E-state index in [1.165, 1.54) is 11.8 Å². The molecule has 11 heavy (non-hydrogen) atoms. The minimum absolute atomic E-state index is 0.0653. The number of hydrogen-bond acceptors (Lipinski definition) is 4. The van der Waals surface area contributed by atoms with Crippen LogP contribution in [0.4, 0.5) is 0 Å². The fourth-order valence-electron chi connectivity index (χ4n) is 0.419. The molecule has 0 saturated heterocycles. The summed E-state index contributed by atoms with van der Waals surface area (Å²) in [5, 5.41) is 3.11. The van der Waals surface area contributed by atoms with Gasteiger partial charge < -0.3 is 4.74 Å². The molecule has 3 nitrogen and oxygen atoms in total. The van der Waals surface area contributed by atoms with Gasteiger partial charge in [0.15, 0.2) is 0 Å². The van der Waals surface area contributed by atoms with Crippen LogP contribution in [0.25, 0.3) is 0 Å². The number of thioether (sulfide) groups is 1. The first-order valence-electron chi connectivity index (χ1n) is 3.54. The van der Waals surface area contributed by atoms with Gasteiger partial charge >= 0.3 is 0 Å². The number of ether oxygens (including phenoxy) is 1. The summed E-state index contributed by atoms with van der Waals surface area (Å²) >= 11 is 1.19. The number of carbonyl (C=O) groups excluding carboxylic acids is 1. The molecule has 0 fully saturated rings. The Morgan fingerprint density at radius 3 is 2.73 bits per heavy atom. The zero-order valence-electron chi connectivity index (χ0n) is 7.22. The summed E-state index contributed by atoms with van der Waals surface area (Å²) in [5.74, 6) is 0. The second-order valence-corrected chi connectivity index (χ2v) is 3.29. The molecule has 0 heterocycles. The van der Waals surface area contributed by atoms with Gasteiger partial charge in [-0.15, -0.1) is 0 Å². The van der Waals surface area contributed by atoms with Gasteiger partial charge in [0.25, 0.3) is 0 Å². The summed E-state index contributed by atoms with van der Waals surface area (Å²) in [6.07, 6.45) is 1.75. The third-order valence-electron chi connectivity index (χ3n) is 1.04. The normalized spacial score (nSPS) is 10.5. The topological polar surface area (TPSA) is 38.3 Å². The van der Waals surface area contributed by atoms with Crippen molar-refractivity contribution in [2.45, 2.75) is 19.9 Å². The standard InChI is InChI=1S/C7H15NO2S/c1-6(2)8-5-10-4-7(9)11-3/h6,8H,4-5H2,1-3H3. The van der Waals surface area contributed by atoms with Crippen molar-refractivity contribution in [2.75, 3.05) is 19.6 Å². The highest BCUT2D eigenvalue weighted by Crippen LogP contribution is 1.93. The van der Waals surface area contributed by atoms with Gasteiger partial charge in [-0.3, -0.25) is 10.1 Å². The summed E-state index contributed by atoms with van der Waals surface area (Å²) in [7, 11) is 0. The minimum Gasteiger partial charge on any atom is -0.358 e. The number of rotatable bonds is 5. The molecule has 0 amide bonds. The molecule has 0 bridgehead atoms. The van der Waals surface area contributed by atoms with Crippen molar-refractivity contribution in [3.63, 3.8) is 0 Å². The number of carbonyl (C=O) groups is 1. The number of nitrogens with one attached hydrogen (secondary N) is 1. The maximum Gasteiger partial charge on any atom is 0.214 e. The van der Waals surface area contributed by atoms with Crippen LogP contribution in [0.15, 0.2) is 0 Å². The van der Waals surface area contributed by atoms with E-state index in [0.717, 1.165) is 0 Å². The molecule has 0 aliphatic carbocycles. The van der Waals surface area contributed by atoms with Crippen molar-refractivity contribution in [3.8, 4) is 0 Å². The Morgan fingerprint density at radius 2 is 2.27 bits per heavy atom. The highest BCUT2D eigenvalue weighted by atomic mass is 32.2. The van der Waals surface area contributed by atoms with Crippen LogP contribution in [0.5, 0.6) is 0 Å². The monoisotopic (exact) mass is 177 g/mol. The largest absolute Gasteiger partial charge is 0.358 e. The molecule has 0 aliphatic rings. The van der Waals surface area contributed by atoms with Crippen LogP contribution < -0.4 is 5.32 Å². The molecule has 0 saturated carbocycles. The first kappa shape index (κ1) is 10.9. The molecule has 0 aromatic heterocycles. The Labute approximate surface area is 71.9 Å². The van der Waals surface area contributed by atoms with E-state index in [1.54, 1.807) is 6.26 Å². The highest BCUT2D eigenvalue weighted by molar-refractivity contribution is 8.13. The van der Waals surface area contributed by atoms with Gasteiger partial charge in [-0.1, -0.05) is 11.8 Å². The van der Waals surface area contributed by atoms with E-state index in [0.29, 0.717) is 12.8 Å². The minimum atomic E-state index is 0.0653. The van der Waals surface area contributed by atoms with Crippen LogP contribution in [-0.2, 0) is 9.53 Å². The van der Waals surface area contributed by atoms with Crippen LogP contribution in [0.1, 0.15) is 13.8 Å². The van der Waals surface area contributed by atoms with Gasteiger partial charge in [0, 0.05) is 6.04 Å². The van der Waals surface area contributed by atoms with Gasteiger partial charge in [0.2, 0.25) is 5.12 Å². The van der Waals surface area contributed by atoms with E-state index in [1.807, 2.05) is 13.8 Å². The van der Waals surface area contributed by atoms with E-state index in [4.69, 9.17) is 4.74 Å². The van der Waals surface area contributed by atoms with Gasteiger partial charge in [0.1, 0.15) is 6.61 Å². The summed E-state index contributed by atoms with van der Waals surface area (Å²) in [4.78, 5) is 10.7. The molecule has 0 unspecified atom stereocenters. The molecule has 4 heteroatoms. The van der Waals surface area contributed by atoms with E-state index in [2.05, 4.69) is 5.32 Å². The molecule has 1 N–H and O–H groups in total. The van der Waals surface area contributed by atoms with Crippen molar-refractivity contribution in [3.05, 3.63) is 0 Å². The summed E-state index contributed by atoms with van der Waals surface area (Å²) in [5.41, 5.74) is 0. The molecule has 0 aromatic rings. The lowest BCUT2D eigenvalue weighted by molar-refractivity contribution is -0.115. The molecule has 0 aromatic carbocycles.